The molecule has 0 saturated carbocycles. The Balaban J connectivity index is 1.86. The Morgan fingerprint density at radius 3 is 2.61 bits per heavy atom. The number of carbonyl (C=O) groups excluding carboxylic acids is 1. The van der Waals surface area contributed by atoms with Gasteiger partial charge < -0.3 is 10.0 Å². The molecule has 0 unspecified atom stereocenters. The average Bonchev–Trinajstić information content (AvgIpc) is 2.52. The number of halogens is 1. The van der Waals surface area contributed by atoms with Crippen LogP contribution in [0.5, 0.6) is 0 Å². The third kappa shape index (κ3) is 5.03. The number of rotatable bonds is 6. The van der Waals surface area contributed by atoms with Crippen LogP contribution in [0.1, 0.15) is 25.3 Å². The van der Waals surface area contributed by atoms with Crippen LogP contribution in [0.25, 0.3) is 0 Å². The Bertz CT molecular complexity index is 557. The zero-order valence-electron chi connectivity index (χ0n) is 13.4. The molecular weight excluding hydrogens is 299 g/mol. The van der Waals surface area contributed by atoms with E-state index in [1.165, 1.54) is 12.1 Å². The number of nitrogens with zero attached hydrogens (tertiary/aromatic N) is 2. The number of carboxylic acids is 1. The van der Waals surface area contributed by atoms with Crippen LogP contribution < -0.4 is 0 Å². The largest absolute Gasteiger partial charge is 0.480 e. The van der Waals surface area contributed by atoms with Crippen LogP contribution in [0, 0.1) is 5.82 Å². The van der Waals surface area contributed by atoms with Crippen LogP contribution in [-0.2, 0) is 16.0 Å². The standard InChI is InChI=1S/C17H23FN2O3/c1-2-19(12-17(22)23)15-6-8-20(9-7-15)16(21)11-13-4-3-5-14(18)10-13/h3-5,10,15H,2,6-9,11-12H2,1H3,(H,22,23). The molecule has 1 aromatic carbocycles. The summed E-state index contributed by atoms with van der Waals surface area (Å²) in [6.45, 7) is 3.92. The Morgan fingerprint density at radius 2 is 2.04 bits per heavy atom. The van der Waals surface area contributed by atoms with Crippen molar-refractivity contribution in [3.05, 3.63) is 35.6 Å². The van der Waals surface area contributed by atoms with Gasteiger partial charge >= 0.3 is 5.97 Å². The summed E-state index contributed by atoms with van der Waals surface area (Å²) < 4.78 is 13.2. The van der Waals surface area contributed by atoms with E-state index in [1.54, 1.807) is 17.0 Å². The first-order valence-corrected chi connectivity index (χ1v) is 7.97. The molecule has 1 fully saturated rings. The molecule has 0 bridgehead atoms. The number of hydrogen-bond donors (Lipinski definition) is 1. The van der Waals surface area contributed by atoms with Gasteiger partial charge in [-0.1, -0.05) is 19.1 Å². The third-order valence-electron chi connectivity index (χ3n) is 4.32. The number of likely N-dealkylation sites (tertiary alicyclic amines) is 1. The molecule has 5 nitrogen and oxygen atoms in total. The van der Waals surface area contributed by atoms with E-state index in [2.05, 4.69) is 0 Å². The highest BCUT2D eigenvalue weighted by molar-refractivity contribution is 5.78. The molecule has 1 aliphatic heterocycles. The maximum absolute atomic E-state index is 13.2. The maximum atomic E-state index is 13.2. The Morgan fingerprint density at radius 1 is 1.35 bits per heavy atom. The van der Waals surface area contributed by atoms with Crippen LogP contribution in [0.15, 0.2) is 24.3 Å². The van der Waals surface area contributed by atoms with Gasteiger partial charge in [-0.05, 0) is 37.1 Å². The third-order valence-corrected chi connectivity index (χ3v) is 4.32. The summed E-state index contributed by atoms with van der Waals surface area (Å²) >= 11 is 0. The molecule has 1 N–H and O–H groups in total. The first kappa shape index (κ1) is 17.4. The number of aliphatic carboxylic acids is 1. The van der Waals surface area contributed by atoms with Crippen LogP contribution in [0.2, 0.25) is 0 Å². The number of hydrogen-bond acceptors (Lipinski definition) is 3. The van der Waals surface area contributed by atoms with Crippen molar-refractivity contribution in [1.82, 2.24) is 9.80 Å². The number of piperidine rings is 1. The topological polar surface area (TPSA) is 60.9 Å². The monoisotopic (exact) mass is 322 g/mol. The SMILES string of the molecule is CCN(CC(=O)O)C1CCN(C(=O)Cc2cccc(F)c2)CC1. The fraction of sp³-hybridized carbons (Fsp3) is 0.529. The van der Waals surface area contributed by atoms with Crippen molar-refractivity contribution in [2.45, 2.75) is 32.2 Å². The number of benzene rings is 1. The lowest BCUT2D eigenvalue weighted by Crippen LogP contribution is -2.48. The van der Waals surface area contributed by atoms with E-state index in [0.717, 1.165) is 12.8 Å². The fourth-order valence-corrected chi connectivity index (χ4v) is 3.09. The molecule has 1 amide bonds. The second-order valence-electron chi connectivity index (χ2n) is 5.88. The van der Waals surface area contributed by atoms with Crippen molar-refractivity contribution in [2.24, 2.45) is 0 Å². The summed E-state index contributed by atoms with van der Waals surface area (Å²) in [5.41, 5.74) is 0.679. The van der Waals surface area contributed by atoms with Gasteiger partial charge in [-0.3, -0.25) is 14.5 Å². The molecule has 1 aliphatic rings. The van der Waals surface area contributed by atoms with Gasteiger partial charge in [0.05, 0.1) is 13.0 Å². The average molecular weight is 322 g/mol. The lowest BCUT2D eigenvalue weighted by Gasteiger charge is -2.37. The smallest absolute Gasteiger partial charge is 0.317 e. The van der Waals surface area contributed by atoms with Gasteiger partial charge in [-0.15, -0.1) is 0 Å². The summed E-state index contributed by atoms with van der Waals surface area (Å²) in [7, 11) is 0. The zero-order valence-corrected chi connectivity index (χ0v) is 13.4. The summed E-state index contributed by atoms with van der Waals surface area (Å²) in [6.07, 6.45) is 1.75. The van der Waals surface area contributed by atoms with Gasteiger partial charge in [-0.2, -0.15) is 0 Å². The highest BCUT2D eigenvalue weighted by atomic mass is 19.1. The van der Waals surface area contributed by atoms with Gasteiger partial charge in [0, 0.05) is 19.1 Å². The number of carboxylic acid groups (broad SMARTS) is 1. The van der Waals surface area contributed by atoms with E-state index in [-0.39, 0.29) is 30.7 Å². The van der Waals surface area contributed by atoms with Crippen LogP contribution in [-0.4, -0.2) is 59.0 Å². The molecule has 1 heterocycles. The molecule has 0 aliphatic carbocycles. The van der Waals surface area contributed by atoms with Gasteiger partial charge in [0.15, 0.2) is 0 Å². The van der Waals surface area contributed by atoms with Gasteiger partial charge in [-0.25, -0.2) is 4.39 Å². The molecule has 0 radical (unpaired) electrons. The zero-order chi connectivity index (χ0) is 16.8. The summed E-state index contributed by atoms with van der Waals surface area (Å²) in [4.78, 5) is 26.9. The van der Waals surface area contributed by atoms with Crippen molar-refractivity contribution in [2.75, 3.05) is 26.2 Å². The predicted molar refractivity (Wildman–Crippen MR) is 84.6 cm³/mol. The summed E-state index contributed by atoms with van der Waals surface area (Å²) in [5, 5.41) is 8.94. The summed E-state index contributed by atoms with van der Waals surface area (Å²) in [6, 6.07) is 6.31. The van der Waals surface area contributed by atoms with E-state index in [1.807, 2.05) is 11.8 Å². The van der Waals surface area contributed by atoms with E-state index in [9.17, 15) is 14.0 Å². The van der Waals surface area contributed by atoms with Crippen molar-refractivity contribution in [3.8, 4) is 0 Å². The van der Waals surface area contributed by atoms with E-state index < -0.39 is 5.97 Å². The van der Waals surface area contributed by atoms with Crippen molar-refractivity contribution in [1.29, 1.82) is 0 Å². The molecule has 6 heteroatoms. The van der Waals surface area contributed by atoms with Gasteiger partial charge in [0.2, 0.25) is 5.91 Å². The van der Waals surface area contributed by atoms with Gasteiger partial charge in [0.25, 0.3) is 0 Å². The second kappa shape index (κ2) is 8.06. The highest BCUT2D eigenvalue weighted by Crippen LogP contribution is 2.17. The molecule has 2 rings (SSSR count). The molecule has 0 spiro atoms. The lowest BCUT2D eigenvalue weighted by molar-refractivity contribution is -0.140. The first-order valence-electron chi connectivity index (χ1n) is 7.97. The minimum atomic E-state index is -0.823. The molecule has 1 saturated heterocycles. The first-order chi connectivity index (χ1) is 11.0. The predicted octanol–water partition coefficient (Wildman–Crippen LogP) is 1.77. The van der Waals surface area contributed by atoms with Crippen LogP contribution >= 0.6 is 0 Å². The minimum absolute atomic E-state index is 0.00432. The van der Waals surface area contributed by atoms with Crippen LogP contribution in [0.3, 0.4) is 0 Å². The fourth-order valence-electron chi connectivity index (χ4n) is 3.09. The molecular formula is C17H23FN2O3. The van der Waals surface area contributed by atoms with Crippen LogP contribution in [0.4, 0.5) is 4.39 Å². The Labute approximate surface area is 135 Å². The van der Waals surface area contributed by atoms with Crippen molar-refractivity contribution < 1.29 is 19.1 Å². The molecule has 0 aromatic heterocycles. The Kier molecular flexibility index (Phi) is 6.10. The highest BCUT2D eigenvalue weighted by Gasteiger charge is 2.27. The van der Waals surface area contributed by atoms with Crippen molar-refractivity contribution >= 4 is 11.9 Å². The quantitative estimate of drug-likeness (QED) is 0.867. The lowest BCUT2D eigenvalue weighted by atomic mass is 10.0. The Hall–Kier alpha value is -1.95. The van der Waals surface area contributed by atoms with E-state index in [4.69, 9.17) is 5.11 Å². The number of amides is 1. The molecule has 126 valence electrons. The summed E-state index contributed by atoms with van der Waals surface area (Å²) in [5.74, 6) is -1.16. The molecule has 23 heavy (non-hydrogen) atoms. The molecule has 0 atom stereocenters. The van der Waals surface area contributed by atoms with E-state index >= 15 is 0 Å². The van der Waals surface area contributed by atoms with Gasteiger partial charge in [0.1, 0.15) is 5.82 Å². The molecule has 1 aromatic rings. The second-order valence-corrected chi connectivity index (χ2v) is 5.88. The van der Waals surface area contributed by atoms with E-state index in [0.29, 0.717) is 25.2 Å². The number of likely N-dealkylation sites (N-methyl/N-ethyl adjacent to an activating group) is 1. The maximum Gasteiger partial charge on any atom is 0.317 e. The number of carbonyl (C=O) groups is 2. The van der Waals surface area contributed by atoms with Crippen molar-refractivity contribution in [3.63, 3.8) is 0 Å². The normalized spacial score (nSPS) is 15.9. The minimum Gasteiger partial charge on any atom is -0.480 e.